The number of imidazole rings is 1. The van der Waals surface area contributed by atoms with E-state index in [1.54, 1.807) is 0 Å². The van der Waals surface area contributed by atoms with Crippen molar-refractivity contribution in [2.45, 2.75) is 38.3 Å². The van der Waals surface area contributed by atoms with Crippen LogP contribution < -0.4 is 0 Å². The average Bonchev–Trinajstić information content (AvgIpc) is 2.92. The summed E-state index contributed by atoms with van der Waals surface area (Å²) < 4.78 is 8.00. The monoisotopic (exact) mass is 340 g/mol. The third-order valence-electron chi connectivity index (χ3n) is 4.68. The maximum atomic E-state index is 8.96. The molecule has 5 nitrogen and oxygen atoms in total. The lowest BCUT2D eigenvalue weighted by Crippen LogP contribution is -2.28. The van der Waals surface area contributed by atoms with Crippen LogP contribution >= 0.6 is 11.6 Å². The highest BCUT2D eigenvalue weighted by Gasteiger charge is 2.27. The first-order valence-electron chi connectivity index (χ1n) is 8.08. The molecule has 3 heterocycles. The minimum atomic E-state index is -0.0118. The molecular weight excluding hydrogens is 324 g/mol. The van der Waals surface area contributed by atoms with Gasteiger partial charge in [0.25, 0.3) is 0 Å². The highest BCUT2D eigenvalue weighted by atomic mass is 35.5. The molecule has 1 aromatic carbocycles. The second kappa shape index (κ2) is 6.04. The summed E-state index contributed by atoms with van der Waals surface area (Å²) in [5.41, 5.74) is 2.86. The van der Waals surface area contributed by atoms with Crippen LogP contribution in [0.25, 0.3) is 21.9 Å². The summed E-state index contributed by atoms with van der Waals surface area (Å²) in [4.78, 5) is 9.18. The molecule has 3 aromatic rings. The van der Waals surface area contributed by atoms with E-state index in [4.69, 9.17) is 26.6 Å². The number of benzene rings is 1. The third kappa shape index (κ3) is 2.52. The van der Waals surface area contributed by atoms with Gasteiger partial charge in [0.1, 0.15) is 11.3 Å². The predicted octanol–water partition coefficient (Wildman–Crippen LogP) is 4.18. The van der Waals surface area contributed by atoms with E-state index in [1.165, 1.54) is 0 Å². The molecule has 6 heteroatoms. The highest BCUT2D eigenvalue weighted by Crippen LogP contribution is 2.34. The van der Waals surface area contributed by atoms with Crippen LogP contribution in [0.2, 0.25) is 5.02 Å². The van der Waals surface area contributed by atoms with Crippen LogP contribution in [-0.4, -0.2) is 27.2 Å². The summed E-state index contributed by atoms with van der Waals surface area (Å²) >= 11 is 6.21. The Balaban J connectivity index is 1.90. The molecule has 0 saturated carbocycles. The van der Waals surface area contributed by atoms with Gasteiger partial charge in [0.15, 0.2) is 0 Å². The summed E-state index contributed by atoms with van der Waals surface area (Å²) in [6, 6.07) is 8.23. The molecule has 0 aliphatic carbocycles. The van der Waals surface area contributed by atoms with Crippen molar-refractivity contribution in [3.63, 3.8) is 0 Å². The van der Waals surface area contributed by atoms with Crippen molar-refractivity contribution in [3.8, 4) is 6.07 Å². The molecule has 1 saturated heterocycles. The van der Waals surface area contributed by atoms with Crippen LogP contribution in [0.15, 0.2) is 24.4 Å². The fraction of sp³-hybridized carbons (Fsp3) is 0.389. The standard InChI is InChI=1S/C18H17ClN4O/c1-11-22-17-10-21-16-3-2-12(19)8-15(16)18(17)23(11)13-5-7-24-14(9-13)4-6-20/h2-3,8,10,13-14H,4-5,7,9H2,1H3/t13-,14-/m0/s1. The smallest absolute Gasteiger partial charge is 0.108 e. The lowest BCUT2D eigenvalue weighted by molar-refractivity contribution is -0.00192. The molecule has 122 valence electrons. The second-order valence-corrected chi connectivity index (χ2v) is 6.65. The van der Waals surface area contributed by atoms with E-state index in [1.807, 2.05) is 31.3 Å². The zero-order valence-corrected chi connectivity index (χ0v) is 14.1. The Kier molecular flexibility index (Phi) is 3.87. The van der Waals surface area contributed by atoms with Gasteiger partial charge in [0.2, 0.25) is 0 Å². The molecule has 4 rings (SSSR count). The molecule has 1 aliphatic heterocycles. The minimum absolute atomic E-state index is 0.0118. The topological polar surface area (TPSA) is 63.7 Å². The zero-order chi connectivity index (χ0) is 16.7. The molecule has 2 atom stereocenters. The number of pyridine rings is 1. The van der Waals surface area contributed by atoms with E-state index in [9.17, 15) is 0 Å². The van der Waals surface area contributed by atoms with Gasteiger partial charge in [-0.3, -0.25) is 4.98 Å². The minimum Gasteiger partial charge on any atom is -0.377 e. The van der Waals surface area contributed by atoms with Crippen LogP contribution in [0.4, 0.5) is 0 Å². The van der Waals surface area contributed by atoms with E-state index in [-0.39, 0.29) is 12.1 Å². The molecule has 2 aromatic heterocycles. The Morgan fingerprint density at radius 3 is 3.12 bits per heavy atom. The van der Waals surface area contributed by atoms with Gasteiger partial charge in [-0.1, -0.05) is 11.6 Å². The van der Waals surface area contributed by atoms with E-state index in [0.717, 1.165) is 40.6 Å². The lowest BCUT2D eigenvalue weighted by atomic mass is 10.0. The third-order valence-corrected chi connectivity index (χ3v) is 4.91. The van der Waals surface area contributed by atoms with Crippen molar-refractivity contribution in [3.05, 3.63) is 35.2 Å². The van der Waals surface area contributed by atoms with Gasteiger partial charge in [-0.15, -0.1) is 0 Å². The largest absolute Gasteiger partial charge is 0.377 e. The fourth-order valence-electron chi connectivity index (χ4n) is 3.65. The molecule has 1 aliphatic rings. The Bertz CT molecular complexity index is 959. The summed E-state index contributed by atoms with van der Waals surface area (Å²) in [6.45, 7) is 2.69. The number of nitriles is 1. The van der Waals surface area contributed by atoms with Crippen LogP contribution in [0.5, 0.6) is 0 Å². The molecule has 0 bridgehead atoms. The number of hydrogen-bond donors (Lipinski definition) is 0. The first kappa shape index (κ1) is 15.4. The Morgan fingerprint density at radius 2 is 2.29 bits per heavy atom. The van der Waals surface area contributed by atoms with Gasteiger partial charge in [-0.2, -0.15) is 5.26 Å². The number of ether oxygens (including phenoxy) is 1. The number of nitrogens with zero attached hydrogens (tertiary/aromatic N) is 4. The number of hydrogen-bond acceptors (Lipinski definition) is 4. The van der Waals surface area contributed by atoms with Gasteiger partial charge in [-0.05, 0) is 38.0 Å². The number of aromatic nitrogens is 3. The van der Waals surface area contributed by atoms with E-state index < -0.39 is 0 Å². The first-order chi connectivity index (χ1) is 11.7. The summed E-state index contributed by atoms with van der Waals surface area (Å²) in [6.07, 6.45) is 3.97. The average molecular weight is 341 g/mol. The van der Waals surface area contributed by atoms with Gasteiger partial charge < -0.3 is 9.30 Å². The molecule has 0 amide bonds. The maximum Gasteiger partial charge on any atom is 0.108 e. The first-order valence-corrected chi connectivity index (χ1v) is 8.46. The number of fused-ring (bicyclic) bond motifs is 3. The van der Waals surface area contributed by atoms with Crippen LogP contribution in [-0.2, 0) is 4.74 Å². The van der Waals surface area contributed by atoms with Crippen LogP contribution in [0.1, 0.15) is 31.1 Å². The van der Waals surface area contributed by atoms with Crippen molar-refractivity contribution in [1.82, 2.24) is 14.5 Å². The molecule has 0 N–H and O–H groups in total. The van der Waals surface area contributed by atoms with Gasteiger partial charge >= 0.3 is 0 Å². The normalized spacial score (nSPS) is 21.2. The van der Waals surface area contributed by atoms with Gasteiger partial charge in [-0.25, -0.2) is 4.98 Å². The van der Waals surface area contributed by atoms with Crippen molar-refractivity contribution in [2.24, 2.45) is 0 Å². The predicted molar refractivity (Wildman–Crippen MR) is 93.0 cm³/mol. The molecule has 24 heavy (non-hydrogen) atoms. The summed E-state index contributed by atoms with van der Waals surface area (Å²) in [5.74, 6) is 0.960. The molecule has 1 fully saturated rings. The second-order valence-electron chi connectivity index (χ2n) is 6.22. The molecule has 0 unspecified atom stereocenters. The van der Waals surface area contributed by atoms with Crippen molar-refractivity contribution < 1.29 is 4.74 Å². The lowest BCUT2D eigenvalue weighted by Gasteiger charge is -2.30. The van der Waals surface area contributed by atoms with E-state index >= 15 is 0 Å². The van der Waals surface area contributed by atoms with Crippen LogP contribution in [0.3, 0.4) is 0 Å². The molecular formula is C18H17ClN4O. The summed E-state index contributed by atoms with van der Waals surface area (Å²) in [5, 5.41) is 10.7. The number of rotatable bonds is 2. The maximum absolute atomic E-state index is 8.96. The van der Waals surface area contributed by atoms with Crippen molar-refractivity contribution >= 4 is 33.5 Å². The van der Waals surface area contributed by atoms with Gasteiger partial charge in [0.05, 0.1) is 35.8 Å². The number of aryl methyl sites for hydroxylation is 1. The Hall–Kier alpha value is -2.16. The SMILES string of the molecule is Cc1nc2cnc3ccc(Cl)cc3c2n1[C@H]1CCO[C@@H](CC#N)C1. The highest BCUT2D eigenvalue weighted by molar-refractivity contribution is 6.31. The zero-order valence-electron chi connectivity index (χ0n) is 13.4. The summed E-state index contributed by atoms with van der Waals surface area (Å²) in [7, 11) is 0. The van der Waals surface area contributed by atoms with Crippen molar-refractivity contribution in [1.29, 1.82) is 5.26 Å². The Morgan fingerprint density at radius 1 is 1.42 bits per heavy atom. The molecule has 0 radical (unpaired) electrons. The van der Waals surface area contributed by atoms with Gasteiger partial charge in [0, 0.05) is 23.1 Å². The van der Waals surface area contributed by atoms with E-state index in [2.05, 4.69) is 15.6 Å². The molecule has 0 spiro atoms. The van der Waals surface area contributed by atoms with Crippen molar-refractivity contribution in [2.75, 3.05) is 6.61 Å². The van der Waals surface area contributed by atoms with Crippen LogP contribution in [0, 0.1) is 18.3 Å². The fourth-order valence-corrected chi connectivity index (χ4v) is 3.82. The van der Waals surface area contributed by atoms with E-state index in [0.29, 0.717) is 18.1 Å². The quantitative estimate of drug-likeness (QED) is 0.702. The number of halogens is 1. The Labute approximate surface area is 144 Å².